The van der Waals surface area contributed by atoms with E-state index in [9.17, 15) is 4.79 Å². The first-order valence-corrected chi connectivity index (χ1v) is 6.36. The van der Waals surface area contributed by atoms with Crippen molar-refractivity contribution in [2.75, 3.05) is 20.2 Å². The van der Waals surface area contributed by atoms with Crippen molar-refractivity contribution in [3.63, 3.8) is 0 Å². The molecule has 0 aliphatic carbocycles. The van der Waals surface area contributed by atoms with Gasteiger partial charge in [-0.2, -0.15) is 0 Å². The highest BCUT2D eigenvalue weighted by Crippen LogP contribution is 2.26. The van der Waals surface area contributed by atoms with Gasteiger partial charge in [-0.05, 0) is 31.5 Å². The fraction of sp³-hybridized carbons (Fsp3) is 0.400. The number of hydrogen-bond acceptors (Lipinski definition) is 3. The zero-order chi connectivity index (χ0) is 12.8. The molecule has 2 rings (SSSR count). The summed E-state index contributed by atoms with van der Waals surface area (Å²) in [7, 11) is 1.40. The van der Waals surface area contributed by atoms with E-state index in [1.807, 2.05) is 24.3 Å². The van der Waals surface area contributed by atoms with Crippen LogP contribution in [0.3, 0.4) is 0 Å². The highest BCUT2D eigenvalue weighted by Gasteiger charge is 2.21. The Labute approximate surface area is 108 Å². The van der Waals surface area contributed by atoms with Gasteiger partial charge in [0, 0.05) is 6.08 Å². The molecular formula is C15H19NO2. The van der Waals surface area contributed by atoms with Crippen LogP contribution in [-0.4, -0.2) is 31.1 Å². The van der Waals surface area contributed by atoms with E-state index in [4.69, 9.17) is 0 Å². The molecular weight excluding hydrogens is 226 g/mol. The molecule has 0 N–H and O–H groups in total. The van der Waals surface area contributed by atoms with Crippen molar-refractivity contribution in [3.05, 3.63) is 48.0 Å². The molecule has 96 valence electrons. The minimum Gasteiger partial charge on any atom is -0.466 e. The van der Waals surface area contributed by atoms with Crippen LogP contribution in [-0.2, 0) is 9.53 Å². The van der Waals surface area contributed by atoms with Gasteiger partial charge >= 0.3 is 5.97 Å². The maximum Gasteiger partial charge on any atom is 0.330 e. The first kappa shape index (κ1) is 12.8. The fourth-order valence-corrected chi connectivity index (χ4v) is 2.35. The van der Waals surface area contributed by atoms with Crippen LogP contribution >= 0.6 is 0 Å². The smallest absolute Gasteiger partial charge is 0.330 e. The normalized spacial score (nSPS) is 18.1. The summed E-state index contributed by atoms with van der Waals surface area (Å²) in [5.74, 6) is -0.296. The van der Waals surface area contributed by atoms with Crippen LogP contribution in [0.1, 0.15) is 24.4 Å². The number of ether oxygens (including phenoxy) is 1. The monoisotopic (exact) mass is 245 g/mol. The van der Waals surface area contributed by atoms with E-state index in [0.717, 1.165) is 13.1 Å². The molecule has 0 aromatic heterocycles. The number of carbonyl (C=O) groups excluding carboxylic acids is 1. The lowest BCUT2D eigenvalue weighted by Gasteiger charge is -2.25. The number of benzene rings is 1. The molecule has 0 unspecified atom stereocenters. The minimum absolute atomic E-state index is 0.174. The number of esters is 1. The number of rotatable bonds is 4. The molecule has 1 aromatic rings. The number of methoxy groups -OCH3 is 1. The molecule has 0 amide bonds. The summed E-state index contributed by atoms with van der Waals surface area (Å²) < 4.78 is 4.65. The number of likely N-dealkylation sites (tertiary alicyclic amines) is 1. The second-order valence-corrected chi connectivity index (χ2v) is 4.48. The molecule has 1 atom stereocenters. The van der Waals surface area contributed by atoms with Gasteiger partial charge in [-0.1, -0.05) is 36.4 Å². The molecule has 1 aromatic carbocycles. The molecule has 0 bridgehead atoms. The molecule has 3 nitrogen and oxygen atoms in total. The third-order valence-corrected chi connectivity index (χ3v) is 3.29. The molecule has 0 spiro atoms. The van der Waals surface area contributed by atoms with Crippen molar-refractivity contribution in [1.82, 2.24) is 4.90 Å². The van der Waals surface area contributed by atoms with Crippen LogP contribution in [0.4, 0.5) is 0 Å². The third-order valence-electron chi connectivity index (χ3n) is 3.29. The Hall–Kier alpha value is -1.61. The molecule has 1 aliphatic heterocycles. The van der Waals surface area contributed by atoms with Crippen LogP contribution in [0.2, 0.25) is 0 Å². The Balaban J connectivity index is 2.17. The van der Waals surface area contributed by atoms with E-state index in [0.29, 0.717) is 0 Å². The summed E-state index contributed by atoms with van der Waals surface area (Å²) in [6, 6.07) is 10.5. The van der Waals surface area contributed by atoms with E-state index in [1.165, 1.54) is 31.6 Å². The van der Waals surface area contributed by atoms with E-state index in [-0.39, 0.29) is 12.0 Å². The Morgan fingerprint density at radius 2 is 1.94 bits per heavy atom. The summed E-state index contributed by atoms with van der Waals surface area (Å²) in [5, 5.41) is 0. The molecule has 18 heavy (non-hydrogen) atoms. The van der Waals surface area contributed by atoms with Crippen LogP contribution in [0.25, 0.3) is 0 Å². The predicted molar refractivity (Wildman–Crippen MR) is 71.1 cm³/mol. The Morgan fingerprint density at radius 3 is 2.56 bits per heavy atom. The Bertz CT molecular complexity index is 408. The topological polar surface area (TPSA) is 29.5 Å². The summed E-state index contributed by atoms with van der Waals surface area (Å²) in [5.41, 5.74) is 1.22. The van der Waals surface area contributed by atoms with Gasteiger partial charge in [-0.3, -0.25) is 4.90 Å². The summed E-state index contributed by atoms with van der Waals surface area (Å²) in [4.78, 5) is 13.6. The van der Waals surface area contributed by atoms with Crippen molar-refractivity contribution < 1.29 is 9.53 Å². The van der Waals surface area contributed by atoms with Crippen LogP contribution in [0.5, 0.6) is 0 Å². The van der Waals surface area contributed by atoms with Crippen molar-refractivity contribution >= 4 is 5.97 Å². The van der Waals surface area contributed by atoms with Gasteiger partial charge < -0.3 is 4.74 Å². The van der Waals surface area contributed by atoms with Crippen LogP contribution in [0.15, 0.2) is 42.5 Å². The van der Waals surface area contributed by atoms with Gasteiger partial charge in [0.2, 0.25) is 0 Å². The minimum atomic E-state index is -0.296. The van der Waals surface area contributed by atoms with Gasteiger partial charge in [0.25, 0.3) is 0 Å². The van der Waals surface area contributed by atoms with Crippen molar-refractivity contribution in [1.29, 1.82) is 0 Å². The van der Waals surface area contributed by atoms with E-state index < -0.39 is 0 Å². The van der Waals surface area contributed by atoms with Gasteiger partial charge in [-0.15, -0.1) is 0 Å². The van der Waals surface area contributed by atoms with Gasteiger partial charge in [0.05, 0.1) is 13.2 Å². The SMILES string of the molecule is COC(=O)/C=C/[C@H](c1ccccc1)N1CCCC1. The quantitative estimate of drug-likeness (QED) is 0.603. The largest absolute Gasteiger partial charge is 0.466 e. The van der Waals surface area contributed by atoms with E-state index >= 15 is 0 Å². The maximum atomic E-state index is 11.2. The lowest BCUT2D eigenvalue weighted by atomic mass is 10.1. The molecule has 1 aliphatic rings. The van der Waals surface area contributed by atoms with Crippen molar-refractivity contribution in [3.8, 4) is 0 Å². The van der Waals surface area contributed by atoms with Crippen LogP contribution in [0, 0.1) is 0 Å². The molecule has 0 radical (unpaired) electrons. The lowest BCUT2D eigenvalue weighted by molar-refractivity contribution is -0.134. The number of hydrogen-bond donors (Lipinski definition) is 0. The highest BCUT2D eigenvalue weighted by atomic mass is 16.5. The zero-order valence-corrected chi connectivity index (χ0v) is 10.7. The molecule has 1 fully saturated rings. The second-order valence-electron chi connectivity index (χ2n) is 4.48. The van der Waals surface area contributed by atoms with E-state index in [1.54, 1.807) is 0 Å². The van der Waals surface area contributed by atoms with Crippen molar-refractivity contribution in [2.45, 2.75) is 18.9 Å². The predicted octanol–water partition coefficient (Wildman–Crippen LogP) is 2.55. The third kappa shape index (κ3) is 3.20. The van der Waals surface area contributed by atoms with Crippen LogP contribution < -0.4 is 0 Å². The van der Waals surface area contributed by atoms with Crippen molar-refractivity contribution in [2.24, 2.45) is 0 Å². The van der Waals surface area contributed by atoms with Gasteiger partial charge in [-0.25, -0.2) is 4.79 Å². The lowest BCUT2D eigenvalue weighted by Crippen LogP contribution is -2.24. The molecule has 1 heterocycles. The van der Waals surface area contributed by atoms with E-state index in [2.05, 4.69) is 21.8 Å². The van der Waals surface area contributed by atoms with Gasteiger partial charge in [0.15, 0.2) is 0 Å². The summed E-state index contributed by atoms with van der Waals surface area (Å²) >= 11 is 0. The Morgan fingerprint density at radius 1 is 1.28 bits per heavy atom. The fourth-order valence-electron chi connectivity index (χ4n) is 2.35. The maximum absolute atomic E-state index is 11.2. The average molecular weight is 245 g/mol. The first-order chi connectivity index (χ1) is 8.81. The molecule has 3 heteroatoms. The summed E-state index contributed by atoms with van der Waals surface area (Å²) in [6.45, 7) is 2.18. The summed E-state index contributed by atoms with van der Waals surface area (Å²) in [6.07, 6.45) is 5.92. The standard InChI is InChI=1S/C15H19NO2/c1-18-15(17)10-9-14(16-11-5-6-12-16)13-7-3-2-4-8-13/h2-4,7-10,14H,5-6,11-12H2,1H3/b10-9+/t14-/m1/s1. The number of nitrogens with zero attached hydrogens (tertiary/aromatic N) is 1. The second kappa shape index (κ2) is 6.36. The van der Waals surface area contributed by atoms with Gasteiger partial charge in [0.1, 0.15) is 0 Å². The molecule has 1 saturated heterocycles. The molecule has 0 saturated carbocycles. The zero-order valence-electron chi connectivity index (χ0n) is 10.7. The Kier molecular flexibility index (Phi) is 4.53. The average Bonchev–Trinajstić information content (AvgIpc) is 2.94. The number of carbonyl (C=O) groups is 1. The highest BCUT2D eigenvalue weighted by molar-refractivity contribution is 5.81. The first-order valence-electron chi connectivity index (χ1n) is 6.36.